The lowest BCUT2D eigenvalue weighted by atomic mass is 10.1. The Bertz CT molecular complexity index is 891. The number of amides is 2. The Balaban J connectivity index is 1.50. The van der Waals surface area contributed by atoms with E-state index >= 15 is 0 Å². The highest BCUT2D eigenvalue weighted by Crippen LogP contribution is 2.27. The maximum absolute atomic E-state index is 12.3. The van der Waals surface area contributed by atoms with Crippen LogP contribution in [0.2, 0.25) is 0 Å². The van der Waals surface area contributed by atoms with Crippen molar-refractivity contribution in [3.63, 3.8) is 0 Å². The third-order valence-corrected chi connectivity index (χ3v) is 5.25. The van der Waals surface area contributed by atoms with E-state index in [1.165, 1.54) is 14.2 Å². The second-order valence-electron chi connectivity index (χ2n) is 6.72. The fraction of sp³-hybridized carbons (Fsp3) is 0.333. The van der Waals surface area contributed by atoms with E-state index in [9.17, 15) is 9.59 Å². The minimum absolute atomic E-state index is 0.0963. The van der Waals surface area contributed by atoms with E-state index in [0.717, 1.165) is 10.0 Å². The first kappa shape index (κ1) is 22.1. The summed E-state index contributed by atoms with van der Waals surface area (Å²) in [6.45, 7) is 1.93. The fourth-order valence-electron chi connectivity index (χ4n) is 3.14. The first-order valence-electron chi connectivity index (χ1n) is 9.40. The van der Waals surface area contributed by atoms with Crippen molar-refractivity contribution < 1.29 is 23.8 Å². The molecular weight excluding hydrogens is 454 g/mol. The molecule has 1 aliphatic heterocycles. The molecule has 9 heteroatoms. The lowest BCUT2D eigenvalue weighted by molar-refractivity contribution is -0.125. The largest absolute Gasteiger partial charge is 0.493 e. The van der Waals surface area contributed by atoms with Crippen molar-refractivity contribution in [3.05, 3.63) is 58.1 Å². The molecule has 1 heterocycles. The van der Waals surface area contributed by atoms with Crippen LogP contribution in [0.25, 0.3) is 0 Å². The molecule has 2 amide bonds. The average molecular weight is 478 g/mol. The van der Waals surface area contributed by atoms with Gasteiger partial charge < -0.3 is 14.2 Å². The molecule has 160 valence electrons. The minimum atomic E-state index is -0.445. The summed E-state index contributed by atoms with van der Waals surface area (Å²) in [4.78, 5) is 26.6. The number of hydrazine groups is 1. The summed E-state index contributed by atoms with van der Waals surface area (Å²) in [6.07, 6.45) is -0.0963. The molecule has 1 saturated heterocycles. The number of carbonyl (C=O) groups is 2. The van der Waals surface area contributed by atoms with Crippen LogP contribution in [-0.2, 0) is 9.53 Å². The van der Waals surface area contributed by atoms with Gasteiger partial charge in [-0.1, -0.05) is 28.1 Å². The van der Waals surface area contributed by atoms with Gasteiger partial charge in [0.25, 0.3) is 11.8 Å². The van der Waals surface area contributed by atoms with E-state index < -0.39 is 5.91 Å². The molecule has 0 saturated carbocycles. The first-order valence-corrected chi connectivity index (χ1v) is 10.2. The molecule has 1 fully saturated rings. The molecule has 2 N–H and O–H groups in total. The summed E-state index contributed by atoms with van der Waals surface area (Å²) in [6, 6.07) is 12.7. The van der Waals surface area contributed by atoms with Gasteiger partial charge in [0.1, 0.15) is 0 Å². The third-order valence-electron chi connectivity index (χ3n) is 4.72. The zero-order chi connectivity index (χ0) is 21.5. The molecule has 2 aromatic carbocycles. The van der Waals surface area contributed by atoms with Crippen molar-refractivity contribution in [2.45, 2.75) is 6.10 Å². The highest BCUT2D eigenvalue weighted by atomic mass is 79.9. The lowest BCUT2D eigenvalue weighted by Gasteiger charge is -2.32. The number of rotatable bonds is 6. The third kappa shape index (κ3) is 5.71. The second kappa shape index (κ2) is 10.4. The number of nitrogens with zero attached hydrogens (tertiary/aromatic N) is 1. The van der Waals surface area contributed by atoms with E-state index in [-0.39, 0.29) is 18.6 Å². The van der Waals surface area contributed by atoms with Gasteiger partial charge in [-0.05, 0) is 35.9 Å². The predicted molar refractivity (Wildman–Crippen MR) is 114 cm³/mol. The predicted octanol–water partition coefficient (Wildman–Crippen LogP) is 2.30. The highest BCUT2D eigenvalue weighted by Gasteiger charge is 2.23. The number of morpholine rings is 1. The molecule has 2 aromatic rings. The van der Waals surface area contributed by atoms with E-state index in [2.05, 4.69) is 26.8 Å². The van der Waals surface area contributed by atoms with Crippen LogP contribution < -0.4 is 20.3 Å². The van der Waals surface area contributed by atoms with Crippen molar-refractivity contribution in [2.24, 2.45) is 0 Å². The quantitative estimate of drug-likeness (QED) is 0.620. The van der Waals surface area contributed by atoms with Gasteiger partial charge in [-0.2, -0.15) is 0 Å². The van der Waals surface area contributed by atoms with Gasteiger partial charge in [-0.3, -0.25) is 25.3 Å². The summed E-state index contributed by atoms with van der Waals surface area (Å²) >= 11 is 3.42. The number of halogens is 1. The Hall–Kier alpha value is -2.62. The van der Waals surface area contributed by atoms with Crippen molar-refractivity contribution in [2.75, 3.05) is 40.5 Å². The molecule has 0 aliphatic carbocycles. The molecular formula is C21H24BrN3O5. The summed E-state index contributed by atoms with van der Waals surface area (Å²) in [5.74, 6) is 0.203. The Morgan fingerprint density at radius 1 is 1.10 bits per heavy atom. The van der Waals surface area contributed by atoms with E-state index in [1.807, 2.05) is 29.2 Å². The van der Waals surface area contributed by atoms with Gasteiger partial charge in [0.05, 0.1) is 33.5 Å². The monoisotopic (exact) mass is 477 g/mol. The topological polar surface area (TPSA) is 89.1 Å². The van der Waals surface area contributed by atoms with Gasteiger partial charge in [-0.25, -0.2) is 0 Å². The van der Waals surface area contributed by atoms with Gasteiger partial charge in [-0.15, -0.1) is 0 Å². The lowest BCUT2D eigenvalue weighted by Crippen LogP contribution is -2.49. The number of benzene rings is 2. The standard InChI is InChI=1S/C21H24BrN3O5/c1-28-17-8-5-15(11-18(17)29-2)21(27)24-23-20(26)13-25-9-10-30-19(12-25)14-3-6-16(22)7-4-14/h3-8,11,19H,9-10,12-13H2,1-2H3,(H,23,26)(H,24,27). The molecule has 1 atom stereocenters. The Kier molecular flexibility index (Phi) is 7.67. The van der Waals surface area contributed by atoms with E-state index in [1.54, 1.807) is 18.2 Å². The zero-order valence-electron chi connectivity index (χ0n) is 16.8. The van der Waals surface area contributed by atoms with Crippen LogP contribution in [0.15, 0.2) is 46.9 Å². The second-order valence-corrected chi connectivity index (χ2v) is 7.63. The normalized spacial score (nSPS) is 16.6. The van der Waals surface area contributed by atoms with Crippen LogP contribution in [-0.4, -0.2) is 57.2 Å². The highest BCUT2D eigenvalue weighted by molar-refractivity contribution is 9.10. The van der Waals surface area contributed by atoms with Gasteiger partial charge in [0.15, 0.2) is 11.5 Å². The fourth-order valence-corrected chi connectivity index (χ4v) is 3.41. The summed E-state index contributed by atoms with van der Waals surface area (Å²) in [7, 11) is 3.01. The van der Waals surface area contributed by atoms with Crippen LogP contribution >= 0.6 is 15.9 Å². The van der Waals surface area contributed by atoms with Crippen LogP contribution in [0.5, 0.6) is 11.5 Å². The van der Waals surface area contributed by atoms with Crippen molar-refractivity contribution >= 4 is 27.7 Å². The number of hydrogen-bond donors (Lipinski definition) is 2. The van der Waals surface area contributed by atoms with E-state index in [4.69, 9.17) is 14.2 Å². The van der Waals surface area contributed by atoms with Crippen LogP contribution in [0.4, 0.5) is 0 Å². The maximum atomic E-state index is 12.3. The van der Waals surface area contributed by atoms with Gasteiger partial charge in [0, 0.05) is 23.1 Å². The number of nitrogens with one attached hydrogen (secondary N) is 2. The molecule has 0 radical (unpaired) electrons. The van der Waals surface area contributed by atoms with Crippen molar-refractivity contribution in [1.82, 2.24) is 15.8 Å². The zero-order valence-corrected chi connectivity index (χ0v) is 18.4. The van der Waals surface area contributed by atoms with Crippen LogP contribution in [0.3, 0.4) is 0 Å². The molecule has 0 bridgehead atoms. The summed E-state index contributed by atoms with van der Waals surface area (Å²) in [5.41, 5.74) is 6.29. The molecule has 3 rings (SSSR count). The smallest absolute Gasteiger partial charge is 0.269 e. The van der Waals surface area contributed by atoms with Crippen LogP contribution in [0.1, 0.15) is 22.0 Å². The Morgan fingerprint density at radius 3 is 2.53 bits per heavy atom. The number of hydrogen-bond acceptors (Lipinski definition) is 6. The summed E-state index contributed by atoms with van der Waals surface area (Å²) in [5, 5.41) is 0. The number of carbonyl (C=O) groups excluding carboxylic acids is 2. The van der Waals surface area contributed by atoms with Gasteiger partial charge in [0.2, 0.25) is 0 Å². The first-order chi connectivity index (χ1) is 14.5. The molecule has 0 spiro atoms. The summed E-state index contributed by atoms with van der Waals surface area (Å²) < 4.78 is 17.2. The van der Waals surface area contributed by atoms with Crippen LogP contribution in [0, 0.1) is 0 Å². The molecule has 1 aliphatic rings. The Morgan fingerprint density at radius 2 is 1.83 bits per heavy atom. The van der Waals surface area contributed by atoms with Crippen molar-refractivity contribution in [1.29, 1.82) is 0 Å². The molecule has 30 heavy (non-hydrogen) atoms. The van der Waals surface area contributed by atoms with E-state index in [0.29, 0.717) is 36.8 Å². The average Bonchev–Trinajstić information content (AvgIpc) is 2.77. The molecule has 8 nitrogen and oxygen atoms in total. The number of methoxy groups -OCH3 is 2. The van der Waals surface area contributed by atoms with Gasteiger partial charge >= 0.3 is 0 Å². The number of ether oxygens (including phenoxy) is 3. The maximum Gasteiger partial charge on any atom is 0.269 e. The SMILES string of the molecule is COc1ccc(C(=O)NNC(=O)CN2CCOC(c3ccc(Br)cc3)C2)cc1OC. The van der Waals surface area contributed by atoms with Crippen molar-refractivity contribution in [3.8, 4) is 11.5 Å². The minimum Gasteiger partial charge on any atom is -0.493 e. The Labute approximate surface area is 183 Å². The molecule has 1 unspecified atom stereocenters. The molecule has 0 aromatic heterocycles.